The van der Waals surface area contributed by atoms with Crippen LogP contribution >= 0.6 is 11.6 Å². The topological polar surface area (TPSA) is 54.5 Å². The number of halogens is 1. The molecule has 0 saturated carbocycles. The Morgan fingerprint density at radius 3 is 2.83 bits per heavy atom. The number of hydrogen-bond acceptors (Lipinski definition) is 4. The molecule has 2 heterocycles. The average Bonchev–Trinajstić information content (AvgIpc) is 3.22. The summed E-state index contributed by atoms with van der Waals surface area (Å²) >= 11 is 6.01. The number of aromatic nitrogens is 1. The number of anilines is 1. The maximum absolute atomic E-state index is 12.5. The Hall–Kier alpha value is -2.63. The summed E-state index contributed by atoms with van der Waals surface area (Å²) in [4.78, 5) is 19.2. The highest BCUT2D eigenvalue weighted by molar-refractivity contribution is 6.30. The number of nitrogens with zero attached hydrogens (tertiary/aromatic N) is 2. The Morgan fingerprint density at radius 1 is 1.14 bits per heavy atom. The van der Waals surface area contributed by atoms with E-state index in [1.54, 1.807) is 24.5 Å². The van der Waals surface area contributed by atoms with E-state index in [1.165, 1.54) is 12.8 Å². The van der Waals surface area contributed by atoms with E-state index >= 15 is 0 Å². The van der Waals surface area contributed by atoms with Crippen LogP contribution in [0.2, 0.25) is 5.02 Å². The van der Waals surface area contributed by atoms with Crippen molar-refractivity contribution in [2.75, 3.05) is 31.6 Å². The predicted molar refractivity (Wildman–Crippen MR) is 117 cm³/mol. The number of carbonyl (C=O) groups excluding carboxylic acids is 1. The van der Waals surface area contributed by atoms with Gasteiger partial charge in [0.15, 0.2) is 0 Å². The molecule has 0 unspecified atom stereocenters. The maximum atomic E-state index is 12.5. The number of rotatable bonds is 7. The average molecular weight is 410 g/mol. The minimum atomic E-state index is -0.109. The molecule has 6 heteroatoms. The number of likely N-dealkylation sites (tertiary alicyclic amines) is 1. The van der Waals surface area contributed by atoms with Crippen LogP contribution in [0.25, 0.3) is 10.8 Å². The first kappa shape index (κ1) is 19.7. The summed E-state index contributed by atoms with van der Waals surface area (Å²) in [7, 11) is 0. The molecule has 0 aliphatic carbocycles. The van der Waals surface area contributed by atoms with E-state index in [0.29, 0.717) is 17.3 Å². The van der Waals surface area contributed by atoms with Crippen LogP contribution < -0.4 is 10.1 Å². The van der Waals surface area contributed by atoms with Crippen molar-refractivity contribution < 1.29 is 9.53 Å². The molecule has 3 aromatic rings. The molecule has 1 aromatic heterocycles. The zero-order valence-electron chi connectivity index (χ0n) is 16.2. The van der Waals surface area contributed by atoms with E-state index in [-0.39, 0.29) is 12.3 Å². The van der Waals surface area contributed by atoms with Gasteiger partial charge in [0.2, 0.25) is 5.91 Å². The van der Waals surface area contributed by atoms with E-state index in [0.717, 1.165) is 41.7 Å². The lowest BCUT2D eigenvalue weighted by Crippen LogP contribution is -2.25. The van der Waals surface area contributed by atoms with Crippen LogP contribution in [0.5, 0.6) is 5.75 Å². The van der Waals surface area contributed by atoms with Crippen LogP contribution in [-0.4, -0.2) is 42.0 Å². The summed E-state index contributed by atoms with van der Waals surface area (Å²) in [6.45, 7) is 3.93. The summed E-state index contributed by atoms with van der Waals surface area (Å²) in [5.41, 5.74) is 1.55. The lowest BCUT2D eigenvalue weighted by molar-refractivity contribution is -0.115. The summed E-state index contributed by atoms with van der Waals surface area (Å²) in [5, 5.41) is 5.47. The fraction of sp³-hybridized carbons (Fsp3) is 0.304. The molecule has 1 fully saturated rings. The summed E-state index contributed by atoms with van der Waals surface area (Å²) < 4.78 is 5.96. The van der Waals surface area contributed by atoms with Gasteiger partial charge in [-0.05, 0) is 61.8 Å². The van der Waals surface area contributed by atoms with Gasteiger partial charge >= 0.3 is 0 Å². The Bertz CT molecular complexity index is 1000. The van der Waals surface area contributed by atoms with Gasteiger partial charge in [-0.15, -0.1) is 0 Å². The second kappa shape index (κ2) is 9.25. The molecule has 0 radical (unpaired) electrons. The minimum Gasteiger partial charge on any atom is -0.492 e. The molecular weight excluding hydrogens is 386 g/mol. The van der Waals surface area contributed by atoms with Crippen LogP contribution in [-0.2, 0) is 11.2 Å². The number of nitrogens with one attached hydrogen (secondary N) is 1. The van der Waals surface area contributed by atoms with Crippen molar-refractivity contribution in [1.29, 1.82) is 0 Å². The van der Waals surface area contributed by atoms with Gasteiger partial charge in [-0.25, -0.2) is 0 Å². The molecule has 1 N–H and O–H groups in total. The van der Waals surface area contributed by atoms with Crippen molar-refractivity contribution in [2.45, 2.75) is 19.3 Å². The molecule has 1 aliphatic rings. The van der Waals surface area contributed by atoms with E-state index in [4.69, 9.17) is 16.3 Å². The Kier molecular flexibility index (Phi) is 6.27. The fourth-order valence-electron chi connectivity index (χ4n) is 3.66. The van der Waals surface area contributed by atoms with E-state index in [2.05, 4.69) is 15.2 Å². The number of pyridine rings is 1. The van der Waals surface area contributed by atoms with Crippen LogP contribution in [0.15, 0.2) is 54.9 Å². The number of hydrogen-bond donors (Lipinski definition) is 1. The van der Waals surface area contributed by atoms with Crippen LogP contribution in [0.4, 0.5) is 5.69 Å². The lowest BCUT2D eigenvalue weighted by atomic mass is 10.1. The van der Waals surface area contributed by atoms with Gasteiger partial charge in [-0.3, -0.25) is 14.7 Å². The summed E-state index contributed by atoms with van der Waals surface area (Å²) in [6.07, 6.45) is 6.27. The number of fused-ring (bicyclic) bond motifs is 1. The van der Waals surface area contributed by atoms with Crippen molar-refractivity contribution in [2.24, 2.45) is 0 Å². The molecular formula is C23H24ClN3O2. The van der Waals surface area contributed by atoms with Gasteiger partial charge in [-0.2, -0.15) is 0 Å². The van der Waals surface area contributed by atoms with Crippen molar-refractivity contribution in [3.05, 3.63) is 65.4 Å². The van der Waals surface area contributed by atoms with Gasteiger partial charge in [0.1, 0.15) is 12.4 Å². The molecule has 1 amide bonds. The number of ether oxygens (including phenoxy) is 1. The molecule has 1 aliphatic heterocycles. The molecule has 29 heavy (non-hydrogen) atoms. The number of benzene rings is 2. The molecule has 1 saturated heterocycles. The van der Waals surface area contributed by atoms with Crippen molar-refractivity contribution >= 4 is 34.0 Å². The number of carbonyl (C=O) groups is 1. The molecule has 5 nitrogen and oxygen atoms in total. The highest BCUT2D eigenvalue weighted by Crippen LogP contribution is 2.27. The summed E-state index contributed by atoms with van der Waals surface area (Å²) in [6, 6.07) is 13.2. The van der Waals surface area contributed by atoms with E-state index in [1.807, 2.05) is 30.3 Å². The van der Waals surface area contributed by atoms with Gasteiger partial charge in [0.25, 0.3) is 0 Å². The maximum Gasteiger partial charge on any atom is 0.228 e. The predicted octanol–water partition coefficient (Wildman–Crippen LogP) is 4.54. The smallest absolute Gasteiger partial charge is 0.228 e. The number of amides is 1. The highest BCUT2D eigenvalue weighted by Gasteiger charge is 2.12. The monoisotopic (exact) mass is 409 g/mol. The van der Waals surface area contributed by atoms with Gasteiger partial charge in [0.05, 0.1) is 18.3 Å². The standard InChI is InChI=1S/C23H24ClN3O2/c24-19-5-3-4-17(12-19)13-23(28)26-22-16-25-15-18-6-7-20(14-21(18)22)29-11-10-27-8-1-2-9-27/h3-7,12,14-16H,1-2,8-11,13H2,(H,26,28). The van der Waals surface area contributed by atoms with Crippen LogP contribution in [0.3, 0.4) is 0 Å². The Balaban J connectivity index is 1.44. The van der Waals surface area contributed by atoms with Crippen molar-refractivity contribution in [1.82, 2.24) is 9.88 Å². The first-order valence-corrected chi connectivity index (χ1v) is 10.3. The summed E-state index contributed by atoms with van der Waals surface area (Å²) in [5.74, 6) is 0.690. The molecule has 0 atom stereocenters. The molecule has 0 spiro atoms. The van der Waals surface area contributed by atoms with Crippen molar-refractivity contribution in [3.8, 4) is 5.75 Å². The van der Waals surface area contributed by atoms with Crippen LogP contribution in [0, 0.1) is 0 Å². The highest BCUT2D eigenvalue weighted by atomic mass is 35.5. The normalized spacial score (nSPS) is 14.2. The SMILES string of the molecule is O=C(Cc1cccc(Cl)c1)Nc1cncc2ccc(OCCN3CCCC3)cc12. The second-order valence-electron chi connectivity index (χ2n) is 7.32. The van der Waals surface area contributed by atoms with Crippen LogP contribution in [0.1, 0.15) is 18.4 Å². The Morgan fingerprint density at radius 2 is 2.00 bits per heavy atom. The van der Waals surface area contributed by atoms with Gasteiger partial charge in [-0.1, -0.05) is 23.7 Å². The van der Waals surface area contributed by atoms with E-state index < -0.39 is 0 Å². The molecule has 0 bridgehead atoms. The third kappa shape index (κ3) is 5.25. The largest absolute Gasteiger partial charge is 0.492 e. The minimum absolute atomic E-state index is 0.109. The molecule has 150 valence electrons. The third-order valence-electron chi connectivity index (χ3n) is 5.13. The first-order chi connectivity index (χ1) is 14.2. The second-order valence-corrected chi connectivity index (χ2v) is 7.76. The first-order valence-electron chi connectivity index (χ1n) is 9.94. The lowest BCUT2D eigenvalue weighted by Gasteiger charge is -2.15. The zero-order chi connectivity index (χ0) is 20.1. The third-order valence-corrected chi connectivity index (χ3v) is 5.37. The molecule has 4 rings (SSSR count). The Labute approximate surface area is 175 Å². The van der Waals surface area contributed by atoms with E-state index in [9.17, 15) is 4.79 Å². The fourth-order valence-corrected chi connectivity index (χ4v) is 3.87. The molecule has 2 aromatic carbocycles. The zero-order valence-corrected chi connectivity index (χ0v) is 17.0. The quantitative estimate of drug-likeness (QED) is 0.622. The van der Waals surface area contributed by atoms with Gasteiger partial charge in [0, 0.05) is 28.5 Å². The van der Waals surface area contributed by atoms with Crippen molar-refractivity contribution in [3.63, 3.8) is 0 Å². The van der Waals surface area contributed by atoms with Gasteiger partial charge < -0.3 is 10.1 Å².